The number of carbonyl (C=O) groups excluding carboxylic acids is 1. The molecule has 7 heteroatoms. The van der Waals surface area contributed by atoms with Gasteiger partial charge in [0.15, 0.2) is 11.4 Å². The molecule has 2 unspecified atom stereocenters. The van der Waals surface area contributed by atoms with Gasteiger partial charge in [-0.2, -0.15) is 0 Å². The molecule has 0 saturated carbocycles. The van der Waals surface area contributed by atoms with Gasteiger partial charge in [-0.05, 0) is 6.42 Å². The number of fused-ring (bicyclic) bond motifs is 1. The number of aromatic nitrogens is 1. The fraction of sp³-hybridized carbons (Fsp3) is 0.625. The first-order valence-corrected chi connectivity index (χ1v) is 7.73. The molecule has 1 aliphatic rings. The first kappa shape index (κ1) is 17.5. The third kappa shape index (κ3) is 3.25. The normalized spacial score (nSPS) is 19.5. The van der Waals surface area contributed by atoms with E-state index in [0.717, 1.165) is 12.8 Å². The Morgan fingerprint density at radius 2 is 2.17 bits per heavy atom. The van der Waals surface area contributed by atoms with Crippen molar-refractivity contribution in [3.63, 3.8) is 0 Å². The van der Waals surface area contributed by atoms with Crippen LogP contribution < -0.4 is 10.2 Å². The van der Waals surface area contributed by atoms with Crippen molar-refractivity contribution in [1.29, 1.82) is 0 Å². The van der Waals surface area contributed by atoms with Crippen molar-refractivity contribution in [2.24, 2.45) is 0 Å². The second-order valence-corrected chi connectivity index (χ2v) is 5.47. The lowest BCUT2D eigenvalue weighted by Crippen LogP contribution is -2.25. The zero-order valence-electron chi connectivity index (χ0n) is 13.7. The molecule has 0 bridgehead atoms. The lowest BCUT2D eigenvalue weighted by molar-refractivity contribution is 0.0576. The number of pyridine rings is 1. The van der Waals surface area contributed by atoms with Gasteiger partial charge in [0.2, 0.25) is 5.43 Å². The molecule has 2 atom stereocenters. The van der Waals surface area contributed by atoms with E-state index in [-0.39, 0.29) is 35.6 Å². The Bertz CT molecular complexity index is 624. The molecule has 1 N–H and O–H groups in total. The van der Waals surface area contributed by atoms with Crippen LogP contribution in [-0.4, -0.2) is 43.1 Å². The molecule has 7 nitrogen and oxygen atoms in total. The standard InChI is InChI=1S/C16H23NO6/c1-4-5-6-23-15-12(19)8-11-13(21-2)7-10(9-18)17(11)14(15)16(20)22-3/h8,10,13,18H,4-7,9H2,1-3H3. The van der Waals surface area contributed by atoms with E-state index in [2.05, 4.69) is 0 Å². The van der Waals surface area contributed by atoms with Crippen molar-refractivity contribution >= 4 is 5.97 Å². The van der Waals surface area contributed by atoms with Crippen molar-refractivity contribution < 1.29 is 24.1 Å². The van der Waals surface area contributed by atoms with Crippen molar-refractivity contribution in [3.05, 3.63) is 27.7 Å². The summed E-state index contributed by atoms with van der Waals surface area (Å²) in [5.41, 5.74) is 0.220. The van der Waals surface area contributed by atoms with Crippen LogP contribution >= 0.6 is 0 Å². The number of hydrogen-bond acceptors (Lipinski definition) is 6. The molecule has 0 aliphatic carbocycles. The van der Waals surface area contributed by atoms with Crippen LogP contribution in [0.2, 0.25) is 0 Å². The average molecular weight is 325 g/mol. The zero-order valence-corrected chi connectivity index (χ0v) is 13.7. The van der Waals surface area contributed by atoms with Crippen LogP contribution in [0.5, 0.6) is 5.75 Å². The number of rotatable bonds is 7. The van der Waals surface area contributed by atoms with Gasteiger partial charge in [-0.15, -0.1) is 0 Å². The van der Waals surface area contributed by atoms with E-state index in [1.807, 2.05) is 6.92 Å². The molecule has 0 aromatic carbocycles. The summed E-state index contributed by atoms with van der Waals surface area (Å²) in [5.74, 6) is -0.685. The molecule has 2 rings (SSSR count). The molecule has 0 saturated heterocycles. The predicted octanol–water partition coefficient (Wildman–Crippen LogP) is 1.44. The summed E-state index contributed by atoms with van der Waals surface area (Å²) >= 11 is 0. The maximum atomic E-state index is 12.4. The largest absolute Gasteiger partial charge is 0.487 e. The summed E-state index contributed by atoms with van der Waals surface area (Å²) < 4.78 is 17.4. The van der Waals surface area contributed by atoms with Gasteiger partial charge in [0.25, 0.3) is 0 Å². The second-order valence-electron chi connectivity index (χ2n) is 5.47. The number of nitrogens with zero attached hydrogens (tertiary/aromatic N) is 1. The maximum Gasteiger partial charge on any atom is 0.358 e. The van der Waals surface area contributed by atoms with Gasteiger partial charge >= 0.3 is 5.97 Å². The van der Waals surface area contributed by atoms with Gasteiger partial charge < -0.3 is 23.9 Å². The van der Waals surface area contributed by atoms with Gasteiger partial charge in [0, 0.05) is 19.6 Å². The van der Waals surface area contributed by atoms with Gasteiger partial charge in [-0.1, -0.05) is 13.3 Å². The number of methoxy groups -OCH3 is 2. The molecular formula is C16H23NO6. The van der Waals surface area contributed by atoms with E-state index < -0.39 is 5.97 Å². The lowest BCUT2D eigenvalue weighted by Gasteiger charge is -2.19. The lowest BCUT2D eigenvalue weighted by atomic mass is 10.2. The van der Waals surface area contributed by atoms with Gasteiger partial charge in [-0.3, -0.25) is 4.79 Å². The van der Waals surface area contributed by atoms with E-state index in [9.17, 15) is 14.7 Å². The van der Waals surface area contributed by atoms with Crippen LogP contribution in [0.4, 0.5) is 0 Å². The minimum atomic E-state index is -0.661. The molecule has 23 heavy (non-hydrogen) atoms. The van der Waals surface area contributed by atoms with E-state index in [1.54, 1.807) is 4.57 Å². The minimum absolute atomic E-state index is 0.0238. The SMILES string of the molecule is CCCCOc1c(C(=O)OC)n2c(cc1=O)C(OC)CC2CO. The molecule has 0 radical (unpaired) electrons. The first-order chi connectivity index (χ1) is 11.1. The zero-order chi connectivity index (χ0) is 17.0. The molecule has 0 spiro atoms. The highest BCUT2D eigenvalue weighted by Crippen LogP contribution is 2.38. The highest BCUT2D eigenvalue weighted by molar-refractivity contribution is 5.90. The van der Waals surface area contributed by atoms with Gasteiger partial charge in [0.05, 0.1) is 38.2 Å². The Balaban J connectivity index is 2.60. The van der Waals surface area contributed by atoms with Crippen LogP contribution in [0.15, 0.2) is 10.9 Å². The topological polar surface area (TPSA) is 87.0 Å². The number of ether oxygens (including phenoxy) is 3. The third-order valence-corrected chi connectivity index (χ3v) is 4.04. The molecule has 128 valence electrons. The third-order valence-electron chi connectivity index (χ3n) is 4.04. The number of aliphatic hydroxyl groups is 1. The number of aliphatic hydroxyl groups excluding tert-OH is 1. The van der Waals surface area contributed by atoms with Crippen LogP contribution in [0, 0.1) is 0 Å². The van der Waals surface area contributed by atoms with E-state index in [0.29, 0.717) is 18.7 Å². The second kappa shape index (κ2) is 7.61. The maximum absolute atomic E-state index is 12.4. The Kier molecular flexibility index (Phi) is 5.79. The van der Waals surface area contributed by atoms with Crippen molar-refractivity contribution in [2.45, 2.75) is 38.3 Å². The summed E-state index contributed by atoms with van der Waals surface area (Å²) in [4.78, 5) is 24.7. The molecule has 1 aromatic rings. The van der Waals surface area contributed by atoms with Crippen molar-refractivity contribution in [1.82, 2.24) is 4.57 Å². The summed E-state index contributed by atoms with van der Waals surface area (Å²) in [6.07, 6.45) is 1.80. The monoisotopic (exact) mass is 325 g/mol. The molecule has 0 amide bonds. The Labute approximate surface area is 134 Å². The number of carbonyl (C=O) groups is 1. The fourth-order valence-electron chi connectivity index (χ4n) is 2.86. The predicted molar refractivity (Wildman–Crippen MR) is 82.9 cm³/mol. The average Bonchev–Trinajstić information content (AvgIpc) is 2.91. The summed E-state index contributed by atoms with van der Waals surface area (Å²) in [6.45, 7) is 2.17. The molecule has 2 heterocycles. The summed E-state index contributed by atoms with van der Waals surface area (Å²) in [5, 5.41) is 9.63. The van der Waals surface area contributed by atoms with Crippen molar-refractivity contribution in [2.75, 3.05) is 27.4 Å². The Morgan fingerprint density at radius 3 is 2.74 bits per heavy atom. The van der Waals surface area contributed by atoms with Crippen LogP contribution in [0.25, 0.3) is 0 Å². The summed E-state index contributed by atoms with van der Waals surface area (Å²) in [7, 11) is 2.78. The van der Waals surface area contributed by atoms with Crippen LogP contribution in [0.1, 0.15) is 54.5 Å². The molecule has 1 aromatic heterocycles. The van der Waals surface area contributed by atoms with Crippen LogP contribution in [-0.2, 0) is 9.47 Å². The highest BCUT2D eigenvalue weighted by atomic mass is 16.5. The molecule has 0 fully saturated rings. The van der Waals surface area contributed by atoms with E-state index >= 15 is 0 Å². The van der Waals surface area contributed by atoms with Gasteiger partial charge in [0.1, 0.15) is 0 Å². The first-order valence-electron chi connectivity index (χ1n) is 7.73. The molecule has 1 aliphatic heterocycles. The fourth-order valence-corrected chi connectivity index (χ4v) is 2.86. The van der Waals surface area contributed by atoms with Gasteiger partial charge in [-0.25, -0.2) is 4.79 Å². The number of hydrogen-bond donors (Lipinski definition) is 1. The highest BCUT2D eigenvalue weighted by Gasteiger charge is 2.36. The Hall–Kier alpha value is -1.86. The minimum Gasteiger partial charge on any atom is -0.487 e. The van der Waals surface area contributed by atoms with E-state index in [4.69, 9.17) is 14.2 Å². The van der Waals surface area contributed by atoms with Crippen molar-refractivity contribution in [3.8, 4) is 5.75 Å². The number of unbranched alkanes of at least 4 members (excludes halogenated alkanes) is 1. The number of esters is 1. The van der Waals surface area contributed by atoms with Crippen LogP contribution in [0.3, 0.4) is 0 Å². The smallest absolute Gasteiger partial charge is 0.358 e. The Morgan fingerprint density at radius 1 is 1.43 bits per heavy atom. The summed E-state index contributed by atoms with van der Waals surface area (Å²) in [6, 6.07) is 1.05. The van der Waals surface area contributed by atoms with E-state index in [1.165, 1.54) is 20.3 Å². The molecular weight excluding hydrogens is 302 g/mol. The quantitative estimate of drug-likeness (QED) is 0.603.